The second kappa shape index (κ2) is 4.18. The van der Waals surface area contributed by atoms with Crippen LogP contribution in [0, 0.1) is 5.92 Å². The molecule has 1 aliphatic rings. The summed E-state index contributed by atoms with van der Waals surface area (Å²) >= 11 is 0. The number of carboxylic acid groups (broad SMARTS) is 1. The minimum atomic E-state index is -0.920. The molecule has 1 fully saturated rings. The van der Waals surface area contributed by atoms with E-state index in [-0.39, 0.29) is 0 Å². The van der Waals surface area contributed by atoms with Crippen molar-refractivity contribution in [3.05, 3.63) is 0 Å². The molecule has 64 valence electrons. The molecule has 0 aliphatic carbocycles. The fourth-order valence-electron chi connectivity index (χ4n) is 1.34. The zero-order valence-electron chi connectivity index (χ0n) is 6.47. The zero-order valence-corrected chi connectivity index (χ0v) is 6.47. The van der Waals surface area contributed by atoms with Crippen LogP contribution in [0.4, 0.5) is 4.79 Å². The molecule has 1 rings (SSSR count). The fraction of sp³-hybridized carbons (Fsp3) is 0.857. The van der Waals surface area contributed by atoms with Crippen LogP contribution in [0.2, 0.25) is 0 Å². The van der Waals surface area contributed by atoms with Crippen LogP contribution in [0.5, 0.6) is 0 Å². The van der Waals surface area contributed by atoms with Gasteiger partial charge in [0, 0.05) is 6.54 Å². The first-order valence-electron chi connectivity index (χ1n) is 3.96. The number of rotatable bonds is 3. The van der Waals surface area contributed by atoms with Crippen molar-refractivity contribution < 1.29 is 9.90 Å². The minimum Gasteiger partial charge on any atom is -0.465 e. The lowest BCUT2D eigenvalue weighted by Crippen LogP contribution is -2.24. The summed E-state index contributed by atoms with van der Waals surface area (Å²) in [5, 5.41) is 13.9. The maximum atomic E-state index is 10.0. The Hall–Kier alpha value is -0.770. The fourth-order valence-corrected chi connectivity index (χ4v) is 1.34. The summed E-state index contributed by atoms with van der Waals surface area (Å²) in [7, 11) is 0. The van der Waals surface area contributed by atoms with Gasteiger partial charge in [0.2, 0.25) is 0 Å². The molecule has 1 aliphatic heterocycles. The van der Waals surface area contributed by atoms with E-state index in [1.807, 2.05) is 0 Å². The highest BCUT2D eigenvalue weighted by Crippen LogP contribution is 2.10. The maximum absolute atomic E-state index is 10.0. The average Bonchev–Trinajstić information content (AvgIpc) is 2.39. The average molecular weight is 158 g/mol. The Balaban J connectivity index is 1.98. The molecule has 0 spiro atoms. The molecule has 1 unspecified atom stereocenters. The van der Waals surface area contributed by atoms with Gasteiger partial charge in [-0.3, -0.25) is 0 Å². The van der Waals surface area contributed by atoms with Crippen LogP contribution in [0.1, 0.15) is 12.8 Å². The predicted octanol–water partition coefficient (Wildman–Crippen LogP) is 0.254. The van der Waals surface area contributed by atoms with E-state index in [4.69, 9.17) is 5.11 Å². The van der Waals surface area contributed by atoms with E-state index in [9.17, 15) is 4.79 Å². The molecule has 11 heavy (non-hydrogen) atoms. The van der Waals surface area contributed by atoms with Gasteiger partial charge >= 0.3 is 6.09 Å². The van der Waals surface area contributed by atoms with Gasteiger partial charge in [-0.25, -0.2) is 4.79 Å². The Labute approximate surface area is 66.0 Å². The number of carbonyl (C=O) groups is 1. The summed E-state index contributed by atoms with van der Waals surface area (Å²) in [6.07, 6.45) is 1.22. The van der Waals surface area contributed by atoms with Gasteiger partial charge in [0.15, 0.2) is 0 Å². The molecule has 1 heterocycles. The molecule has 0 aromatic rings. The van der Waals surface area contributed by atoms with Crippen LogP contribution in [0.25, 0.3) is 0 Å². The minimum absolute atomic E-state index is 0.585. The molecule has 0 radical (unpaired) electrons. The monoisotopic (exact) mass is 158 g/mol. The van der Waals surface area contributed by atoms with Crippen molar-refractivity contribution in [3.63, 3.8) is 0 Å². The van der Waals surface area contributed by atoms with E-state index >= 15 is 0 Å². The van der Waals surface area contributed by atoms with Gasteiger partial charge in [-0.05, 0) is 31.8 Å². The Kier molecular flexibility index (Phi) is 3.16. The van der Waals surface area contributed by atoms with Crippen molar-refractivity contribution in [2.45, 2.75) is 12.8 Å². The summed E-state index contributed by atoms with van der Waals surface area (Å²) in [4.78, 5) is 10.0. The van der Waals surface area contributed by atoms with Crippen LogP contribution >= 0.6 is 0 Å². The highest BCUT2D eigenvalue weighted by Gasteiger charge is 2.13. The lowest BCUT2D eigenvalue weighted by Gasteiger charge is -2.06. The van der Waals surface area contributed by atoms with Gasteiger partial charge in [0.25, 0.3) is 0 Å². The van der Waals surface area contributed by atoms with E-state index in [0.29, 0.717) is 12.5 Å². The van der Waals surface area contributed by atoms with Gasteiger partial charge in [0.1, 0.15) is 0 Å². The molecular weight excluding hydrogens is 144 g/mol. The first-order chi connectivity index (χ1) is 5.29. The summed E-state index contributed by atoms with van der Waals surface area (Å²) in [5.74, 6) is 0.668. The first-order valence-corrected chi connectivity index (χ1v) is 3.96. The Morgan fingerprint density at radius 3 is 3.09 bits per heavy atom. The molecule has 1 atom stereocenters. The van der Waals surface area contributed by atoms with Crippen molar-refractivity contribution in [2.75, 3.05) is 19.6 Å². The van der Waals surface area contributed by atoms with Crippen LogP contribution in [-0.4, -0.2) is 30.8 Å². The molecule has 0 saturated carbocycles. The van der Waals surface area contributed by atoms with Gasteiger partial charge in [-0.1, -0.05) is 0 Å². The summed E-state index contributed by atoms with van der Waals surface area (Å²) in [6.45, 7) is 2.71. The zero-order chi connectivity index (χ0) is 8.10. The summed E-state index contributed by atoms with van der Waals surface area (Å²) in [6, 6.07) is 0. The number of amides is 1. The molecular formula is C7H14N2O2. The molecule has 0 aromatic carbocycles. The number of hydrogen-bond donors (Lipinski definition) is 3. The molecule has 4 nitrogen and oxygen atoms in total. The third-order valence-corrected chi connectivity index (χ3v) is 1.99. The van der Waals surface area contributed by atoms with Crippen LogP contribution in [0.15, 0.2) is 0 Å². The van der Waals surface area contributed by atoms with Gasteiger partial charge in [-0.2, -0.15) is 0 Å². The van der Waals surface area contributed by atoms with Crippen molar-refractivity contribution in [2.24, 2.45) is 5.92 Å². The molecule has 0 aromatic heterocycles. The van der Waals surface area contributed by atoms with Gasteiger partial charge in [0.05, 0.1) is 0 Å². The topological polar surface area (TPSA) is 61.4 Å². The number of nitrogens with one attached hydrogen (secondary N) is 2. The third-order valence-electron chi connectivity index (χ3n) is 1.99. The van der Waals surface area contributed by atoms with E-state index in [1.54, 1.807) is 0 Å². The van der Waals surface area contributed by atoms with E-state index in [2.05, 4.69) is 10.6 Å². The lowest BCUT2D eigenvalue weighted by atomic mass is 10.1. The van der Waals surface area contributed by atoms with E-state index < -0.39 is 6.09 Å². The van der Waals surface area contributed by atoms with Crippen LogP contribution < -0.4 is 10.6 Å². The molecule has 1 saturated heterocycles. The van der Waals surface area contributed by atoms with E-state index in [1.165, 1.54) is 6.42 Å². The molecule has 0 bridgehead atoms. The molecule has 4 heteroatoms. The maximum Gasteiger partial charge on any atom is 0.404 e. The Morgan fingerprint density at radius 2 is 2.55 bits per heavy atom. The normalized spacial score (nSPS) is 23.5. The van der Waals surface area contributed by atoms with Crippen molar-refractivity contribution in [3.8, 4) is 0 Å². The first kappa shape index (κ1) is 8.33. The second-order valence-electron chi connectivity index (χ2n) is 2.88. The SMILES string of the molecule is O=C(O)NCCC1CCNC1. The van der Waals surface area contributed by atoms with Crippen molar-refractivity contribution >= 4 is 6.09 Å². The largest absolute Gasteiger partial charge is 0.465 e. The molecule has 3 N–H and O–H groups in total. The van der Waals surface area contributed by atoms with Gasteiger partial charge < -0.3 is 15.7 Å². The third kappa shape index (κ3) is 3.23. The Bertz CT molecular complexity index is 132. The lowest BCUT2D eigenvalue weighted by molar-refractivity contribution is 0.193. The van der Waals surface area contributed by atoms with E-state index in [0.717, 1.165) is 19.5 Å². The van der Waals surface area contributed by atoms with Crippen LogP contribution in [-0.2, 0) is 0 Å². The van der Waals surface area contributed by atoms with Crippen molar-refractivity contribution in [1.82, 2.24) is 10.6 Å². The quantitative estimate of drug-likeness (QED) is 0.552. The highest BCUT2D eigenvalue weighted by molar-refractivity contribution is 5.64. The second-order valence-corrected chi connectivity index (χ2v) is 2.88. The summed E-state index contributed by atoms with van der Waals surface area (Å²) < 4.78 is 0. The van der Waals surface area contributed by atoms with Crippen LogP contribution in [0.3, 0.4) is 0 Å². The molecule has 1 amide bonds. The Morgan fingerprint density at radius 1 is 1.73 bits per heavy atom. The highest BCUT2D eigenvalue weighted by atomic mass is 16.4. The van der Waals surface area contributed by atoms with Crippen molar-refractivity contribution in [1.29, 1.82) is 0 Å². The number of hydrogen-bond acceptors (Lipinski definition) is 2. The summed E-state index contributed by atoms with van der Waals surface area (Å²) in [5.41, 5.74) is 0. The smallest absolute Gasteiger partial charge is 0.404 e. The predicted molar refractivity (Wildman–Crippen MR) is 41.6 cm³/mol. The standard InChI is InChI=1S/C7H14N2O2/c10-7(11)9-4-2-6-1-3-8-5-6/h6,8-9H,1-5H2,(H,10,11). The van der Waals surface area contributed by atoms with Gasteiger partial charge in [-0.15, -0.1) is 0 Å².